The Labute approximate surface area is 135 Å². The summed E-state index contributed by atoms with van der Waals surface area (Å²) in [6.45, 7) is 10.1. The van der Waals surface area contributed by atoms with Crippen molar-refractivity contribution >= 4 is 0 Å². The highest BCUT2D eigenvalue weighted by Gasteiger charge is 2.07. The van der Waals surface area contributed by atoms with Crippen LogP contribution in [0.2, 0.25) is 0 Å². The van der Waals surface area contributed by atoms with Crippen molar-refractivity contribution in [3.05, 3.63) is 29.3 Å². The zero-order valence-electron chi connectivity index (χ0n) is 14.7. The van der Waals surface area contributed by atoms with Gasteiger partial charge in [-0.05, 0) is 31.1 Å². The summed E-state index contributed by atoms with van der Waals surface area (Å²) < 4.78 is 10.6. The Bertz CT molecular complexity index is 410. The van der Waals surface area contributed by atoms with Gasteiger partial charge in [0.25, 0.3) is 0 Å². The van der Waals surface area contributed by atoms with Crippen LogP contribution >= 0.6 is 0 Å². The summed E-state index contributed by atoms with van der Waals surface area (Å²) in [7, 11) is 3.46. The van der Waals surface area contributed by atoms with Crippen LogP contribution in [0, 0.1) is 0 Å². The summed E-state index contributed by atoms with van der Waals surface area (Å²) in [5.41, 5.74) is 2.51. The maximum absolute atomic E-state index is 5.55. The van der Waals surface area contributed by atoms with Crippen molar-refractivity contribution in [1.82, 2.24) is 10.2 Å². The first-order valence-electron chi connectivity index (χ1n) is 8.32. The van der Waals surface area contributed by atoms with E-state index in [1.807, 2.05) is 0 Å². The van der Waals surface area contributed by atoms with Crippen LogP contribution in [-0.2, 0) is 17.8 Å². The number of unbranched alkanes of at least 4 members (excludes halogenated alkanes) is 1. The lowest BCUT2D eigenvalue weighted by Crippen LogP contribution is -2.24. The summed E-state index contributed by atoms with van der Waals surface area (Å²) in [6, 6.07) is 6.55. The summed E-state index contributed by atoms with van der Waals surface area (Å²) in [5.74, 6) is 0.967. The molecular formula is C18H32N2O2. The van der Waals surface area contributed by atoms with Crippen LogP contribution in [0.3, 0.4) is 0 Å². The van der Waals surface area contributed by atoms with Crippen molar-refractivity contribution in [3.63, 3.8) is 0 Å². The monoisotopic (exact) mass is 308 g/mol. The molecule has 0 saturated heterocycles. The van der Waals surface area contributed by atoms with E-state index in [1.165, 1.54) is 24.0 Å². The highest BCUT2D eigenvalue weighted by molar-refractivity contribution is 5.37. The molecule has 1 rings (SSSR count). The van der Waals surface area contributed by atoms with E-state index >= 15 is 0 Å². The highest BCUT2D eigenvalue weighted by Crippen LogP contribution is 2.21. The minimum Gasteiger partial charge on any atom is -0.496 e. The molecule has 0 unspecified atom stereocenters. The van der Waals surface area contributed by atoms with E-state index < -0.39 is 0 Å². The Balaban J connectivity index is 2.62. The van der Waals surface area contributed by atoms with Gasteiger partial charge < -0.3 is 14.8 Å². The van der Waals surface area contributed by atoms with Gasteiger partial charge >= 0.3 is 0 Å². The van der Waals surface area contributed by atoms with Gasteiger partial charge in [-0.1, -0.05) is 32.4 Å². The summed E-state index contributed by atoms with van der Waals surface area (Å²) >= 11 is 0. The Morgan fingerprint density at radius 3 is 2.64 bits per heavy atom. The van der Waals surface area contributed by atoms with Gasteiger partial charge in [0.15, 0.2) is 0 Å². The first kappa shape index (κ1) is 18.9. The van der Waals surface area contributed by atoms with Crippen LogP contribution in [0.15, 0.2) is 18.2 Å². The molecule has 1 aromatic carbocycles. The van der Waals surface area contributed by atoms with Crippen molar-refractivity contribution in [1.29, 1.82) is 0 Å². The number of methoxy groups -OCH3 is 2. The third kappa shape index (κ3) is 6.77. The van der Waals surface area contributed by atoms with Crippen LogP contribution in [0.5, 0.6) is 5.75 Å². The van der Waals surface area contributed by atoms with Crippen molar-refractivity contribution in [3.8, 4) is 5.75 Å². The molecule has 0 amide bonds. The summed E-state index contributed by atoms with van der Waals surface area (Å²) in [4.78, 5) is 2.48. The van der Waals surface area contributed by atoms with Crippen LogP contribution in [0.25, 0.3) is 0 Å². The minimum atomic E-state index is 0.725. The average Bonchev–Trinajstić information content (AvgIpc) is 2.56. The van der Waals surface area contributed by atoms with Crippen LogP contribution in [0.1, 0.15) is 37.8 Å². The lowest BCUT2D eigenvalue weighted by atomic mass is 10.1. The van der Waals surface area contributed by atoms with Gasteiger partial charge in [0, 0.05) is 32.3 Å². The number of nitrogens with zero attached hydrogens (tertiary/aromatic N) is 1. The molecule has 0 aliphatic heterocycles. The molecule has 0 radical (unpaired) electrons. The van der Waals surface area contributed by atoms with Gasteiger partial charge in [0.2, 0.25) is 0 Å². The smallest absolute Gasteiger partial charge is 0.123 e. The number of rotatable bonds is 12. The van der Waals surface area contributed by atoms with E-state index in [4.69, 9.17) is 9.47 Å². The molecular weight excluding hydrogens is 276 g/mol. The molecule has 0 bridgehead atoms. The lowest BCUT2D eigenvalue weighted by molar-refractivity contribution is 0.199. The van der Waals surface area contributed by atoms with Gasteiger partial charge in [0.05, 0.1) is 13.7 Å². The molecule has 0 aromatic heterocycles. The molecule has 126 valence electrons. The van der Waals surface area contributed by atoms with E-state index in [-0.39, 0.29) is 0 Å². The van der Waals surface area contributed by atoms with E-state index in [0.29, 0.717) is 0 Å². The van der Waals surface area contributed by atoms with Crippen molar-refractivity contribution in [2.75, 3.05) is 40.5 Å². The predicted molar refractivity (Wildman–Crippen MR) is 92.4 cm³/mol. The maximum atomic E-state index is 5.55. The van der Waals surface area contributed by atoms with Crippen molar-refractivity contribution in [2.24, 2.45) is 0 Å². The first-order valence-corrected chi connectivity index (χ1v) is 8.32. The fourth-order valence-electron chi connectivity index (χ4n) is 2.42. The molecule has 0 atom stereocenters. The second kappa shape index (κ2) is 11.5. The third-order valence-corrected chi connectivity index (χ3v) is 3.83. The summed E-state index contributed by atoms with van der Waals surface area (Å²) in [5, 5.41) is 3.36. The topological polar surface area (TPSA) is 33.7 Å². The molecule has 0 saturated carbocycles. The molecule has 0 fully saturated rings. The van der Waals surface area contributed by atoms with Crippen molar-refractivity contribution < 1.29 is 9.47 Å². The largest absolute Gasteiger partial charge is 0.496 e. The predicted octanol–water partition coefficient (Wildman–Crippen LogP) is 3.05. The van der Waals surface area contributed by atoms with Gasteiger partial charge in [-0.2, -0.15) is 0 Å². The average molecular weight is 308 g/mol. The molecule has 0 spiro atoms. The van der Waals surface area contributed by atoms with Crippen molar-refractivity contribution in [2.45, 2.75) is 39.8 Å². The van der Waals surface area contributed by atoms with Crippen LogP contribution in [0.4, 0.5) is 0 Å². The fraction of sp³-hybridized carbons (Fsp3) is 0.667. The molecule has 4 nitrogen and oxygen atoms in total. The quantitative estimate of drug-likeness (QED) is 0.602. The molecule has 0 aliphatic carbocycles. The zero-order valence-corrected chi connectivity index (χ0v) is 14.7. The van der Waals surface area contributed by atoms with Gasteiger partial charge in [-0.15, -0.1) is 0 Å². The second-order valence-corrected chi connectivity index (χ2v) is 5.54. The Morgan fingerprint density at radius 1 is 1.18 bits per heavy atom. The van der Waals surface area contributed by atoms with E-state index in [1.54, 1.807) is 14.2 Å². The number of benzene rings is 1. The number of hydrogen-bond donors (Lipinski definition) is 1. The van der Waals surface area contributed by atoms with Gasteiger partial charge in [0.1, 0.15) is 5.75 Å². The zero-order chi connectivity index (χ0) is 16.2. The SMILES string of the molecule is CCCCN(CC)Cc1ccc(CNCCOC)c(OC)c1. The number of ether oxygens (including phenoxy) is 2. The third-order valence-electron chi connectivity index (χ3n) is 3.83. The summed E-state index contributed by atoms with van der Waals surface area (Å²) in [6.07, 6.45) is 2.50. The van der Waals surface area contributed by atoms with Gasteiger partial charge in [-0.3, -0.25) is 4.90 Å². The molecule has 22 heavy (non-hydrogen) atoms. The lowest BCUT2D eigenvalue weighted by Gasteiger charge is -2.21. The van der Waals surface area contributed by atoms with E-state index in [2.05, 4.69) is 42.3 Å². The second-order valence-electron chi connectivity index (χ2n) is 5.54. The van der Waals surface area contributed by atoms with Crippen LogP contribution < -0.4 is 10.1 Å². The van der Waals surface area contributed by atoms with Crippen LogP contribution in [-0.4, -0.2) is 45.4 Å². The number of nitrogens with one attached hydrogen (secondary N) is 1. The maximum Gasteiger partial charge on any atom is 0.123 e. The molecule has 4 heteroatoms. The standard InChI is InChI=1S/C18H32N2O2/c1-5-7-11-20(6-2)15-16-8-9-17(18(13-16)22-4)14-19-10-12-21-3/h8-9,13,19H,5-7,10-12,14-15H2,1-4H3. The first-order chi connectivity index (χ1) is 10.7. The Hall–Kier alpha value is -1.10. The number of hydrogen-bond acceptors (Lipinski definition) is 4. The fourth-order valence-corrected chi connectivity index (χ4v) is 2.42. The van der Waals surface area contributed by atoms with E-state index in [0.717, 1.165) is 45.1 Å². The molecule has 1 N–H and O–H groups in total. The molecule has 1 aromatic rings. The van der Waals surface area contributed by atoms with E-state index in [9.17, 15) is 0 Å². The Morgan fingerprint density at radius 2 is 2.00 bits per heavy atom. The normalized spacial score (nSPS) is 11.1. The minimum absolute atomic E-state index is 0.725. The van der Waals surface area contributed by atoms with Gasteiger partial charge in [-0.25, -0.2) is 0 Å². The molecule has 0 aliphatic rings. The highest BCUT2D eigenvalue weighted by atomic mass is 16.5. The Kier molecular flexibility index (Phi) is 9.87. The molecule has 0 heterocycles.